The van der Waals surface area contributed by atoms with Gasteiger partial charge in [-0.25, -0.2) is 0 Å². The summed E-state index contributed by atoms with van der Waals surface area (Å²) in [5.41, 5.74) is 3.87. The summed E-state index contributed by atoms with van der Waals surface area (Å²) >= 11 is 3.61. The van der Waals surface area contributed by atoms with E-state index in [9.17, 15) is 5.26 Å². The first-order chi connectivity index (χ1) is 11.8. The Hall–Kier alpha value is -1.47. The molecule has 1 saturated carbocycles. The lowest BCUT2D eigenvalue weighted by atomic mass is 9.72. The molecule has 24 heavy (non-hydrogen) atoms. The van der Waals surface area contributed by atoms with Gasteiger partial charge in [0, 0.05) is 28.5 Å². The molecule has 3 unspecified atom stereocenters. The molecular formula is C20H24BrN3. The number of nitrogens with one attached hydrogen (secondary N) is 1. The van der Waals surface area contributed by atoms with Crippen LogP contribution >= 0.6 is 15.9 Å². The van der Waals surface area contributed by atoms with Gasteiger partial charge in [0.25, 0.3) is 0 Å². The Morgan fingerprint density at radius 3 is 2.79 bits per heavy atom. The minimum Gasteiger partial charge on any atom is -0.356 e. The summed E-state index contributed by atoms with van der Waals surface area (Å²) in [6, 6.07) is 8.77. The fourth-order valence-electron chi connectivity index (χ4n) is 4.88. The molecule has 2 heterocycles. The first-order valence-corrected chi connectivity index (χ1v) is 10.3. The molecule has 4 rings (SSSR count). The van der Waals surface area contributed by atoms with E-state index in [1.165, 1.54) is 47.8 Å². The maximum atomic E-state index is 9.76. The molecule has 3 nitrogen and oxygen atoms in total. The summed E-state index contributed by atoms with van der Waals surface area (Å²) in [6.45, 7) is 0.939. The molecule has 1 N–H and O–H groups in total. The van der Waals surface area contributed by atoms with Crippen LogP contribution in [0.1, 0.15) is 49.4 Å². The standard InChI is InChI=1S/C20H24BrN3/c21-10-9-17-16-7-3-4-8-18(16)23-20(17)19-11-14-5-1-2-6-15(14)12-24(19)13-22/h3-4,7-8,14-15,19,23H,1-2,5-6,9-12H2. The molecule has 1 aliphatic heterocycles. The van der Waals surface area contributed by atoms with Crippen molar-refractivity contribution in [3.63, 3.8) is 0 Å². The second kappa shape index (κ2) is 6.80. The number of halogens is 1. The van der Waals surface area contributed by atoms with Gasteiger partial charge in [0.15, 0.2) is 6.19 Å². The third-order valence-electron chi connectivity index (χ3n) is 6.05. The smallest absolute Gasteiger partial charge is 0.179 e. The number of para-hydroxylation sites is 1. The molecule has 1 aromatic carbocycles. The molecule has 0 spiro atoms. The van der Waals surface area contributed by atoms with Crippen molar-refractivity contribution in [2.24, 2.45) is 11.8 Å². The summed E-state index contributed by atoms with van der Waals surface area (Å²) in [5.74, 6) is 1.51. The maximum Gasteiger partial charge on any atom is 0.179 e. The average molecular weight is 386 g/mol. The van der Waals surface area contributed by atoms with E-state index < -0.39 is 0 Å². The Balaban J connectivity index is 1.74. The van der Waals surface area contributed by atoms with Crippen LogP contribution in [0.5, 0.6) is 0 Å². The Kier molecular flexibility index (Phi) is 4.54. The SMILES string of the molecule is N#CN1CC2CCCCC2CC1c1[nH]c2ccccc2c1CCBr. The number of piperidine rings is 1. The molecule has 1 aromatic heterocycles. The highest BCUT2D eigenvalue weighted by Crippen LogP contribution is 2.44. The van der Waals surface area contributed by atoms with E-state index in [1.54, 1.807) is 0 Å². The normalized spacial score (nSPS) is 27.0. The predicted molar refractivity (Wildman–Crippen MR) is 101 cm³/mol. The first-order valence-electron chi connectivity index (χ1n) is 9.13. The third kappa shape index (κ3) is 2.73. The van der Waals surface area contributed by atoms with E-state index in [4.69, 9.17) is 0 Å². The van der Waals surface area contributed by atoms with E-state index in [0.717, 1.165) is 36.6 Å². The largest absolute Gasteiger partial charge is 0.356 e. The van der Waals surface area contributed by atoms with Crippen LogP contribution in [0.3, 0.4) is 0 Å². The number of rotatable bonds is 3. The highest BCUT2D eigenvalue weighted by molar-refractivity contribution is 9.09. The fraction of sp³-hybridized carbons (Fsp3) is 0.550. The lowest BCUT2D eigenvalue weighted by molar-refractivity contribution is 0.0747. The van der Waals surface area contributed by atoms with Crippen LogP contribution < -0.4 is 0 Å². The van der Waals surface area contributed by atoms with Crippen molar-refractivity contribution in [1.29, 1.82) is 5.26 Å². The van der Waals surface area contributed by atoms with Crippen molar-refractivity contribution in [3.05, 3.63) is 35.5 Å². The van der Waals surface area contributed by atoms with Crippen LogP contribution in [-0.2, 0) is 6.42 Å². The van der Waals surface area contributed by atoms with Crippen LogP contribution in [0.2, 0.25) is 0 Å². The number of likely N-dealkylation sites (tertiary alicyclic amines) is 1. The fourth-order valence-corrected chi connectivity index (χ4v) is 5.28. The third-order valence-corrected chi connectivity index (χ3v) is 6.45. The highest BCUT2D eigenvalue weighted by Gasteiger charge is 2.38. The zero-order valence-electron chi connectivity index (χ0n) is 14.0. The zero-order chi connectivity index (χ0) is 16.5. The van der Waals surface area contributed by atoms with Gasteiger partial charge >= 0.3 is 0 Å². The Morgan fingerprint density at radius 1 is 1.21 bits per heavy atom. The molecule has 0 bridgehead atoms. The molecular weight excluding hydrogens is 362 g/mol. The average Bonchev–Trinajstić information content (AvgIpc) is 2.99. The quantitative estimate of drug-likeness (QED) is 0.586. The lowest BCUT2D eigenvalue weighted by Gasteiger charge is -2.44. The topological polar surface area (TPSA) is 42.8 Å². The van der Waals surface area contributed by atoms with Gasteiger partial charge in [0.2, 0.25) is 0 Å². The minimum atomic E-state index is 0.218. The Labute approximate surface area is 152 Å². The van der Waals surface area contributed by atoms with Gasteiger partial charge in [0.05, 0.1) is 6.04 Å². The van der Waals surface area contributed by atoms with Gasteiger partial charge in [-0.15, -0.1) is 0 Å². The number of nitrogens with zero attached hydrogens (tertiary/aromatic N) is 2. The Bertz CT molecular complexity index is 760. The van der Waals surface area contributed by atoms with E-state index in [0.29, 0.717) is 0 Å². The van der Waals surface area contributed by atoms with Crippen LogP contribution in [0.25, 0.3) is 10.9 Å². The molecule has 3 atom stereocenters. The van der Waals surface area contributed by atoms with Crippen LogP contribution in [-0.4, -0.2) is 21.8 Å². The van der Waals surface area contributed by atoms with Crippen molar-refractivity contribution in [3.8, 4) is 6.19 Å². The number of hydrogen-bond acceptors (Lipinski definition) is 2. The van der Waals surface area contributed by atoms with Crippen molar-refractivity contribution < 1.29 is 0 Å². The Morgan fingerprint density at radius 2 is 2.00 bits per heavy atom. The van der Waals surface area contributed by atoms with Crippen LogP contribution in [0, 0.1) is 23.3 Å². The molecule has 1 saturated heterocycles. The molecule has 2 aromatic rings. The van der Waals surface area contributed by atoms with Gasteiger partial charge in [-0.05, 0) is 42.7 Å². The van der Waals surface area contributed by atoms with Gasteiger partial charge in [0.1, 0.15) is 0 Å². The summed E-state index contributed by atoms with van der Waals surface area (Å²) < 4.78 is 0. The van der Waals surface area contributed by atoms with Crippen molar-refractivity contribution in [2.75, 3.05) is 11.9 Å². The summed E-state index contributed by atoms with van der Waals surface area (Å²) in [6.07, 6.45) is 9.98. The van der Waals surface area contributed by atoms with E-state index in [-0.39, 0.29) is 6.04 Å². The summed E-state index contributed by atoms with van der Waals surface area (Å²) in [7, 11) is 0. The van der Waals surface area contributed by atoms with Crippen LogP contribution in [0.15, 0.2) is 24.3 Å². The number of fused-ring (bicyclic) bond motifs is 2. The number of benzene rings is 1. The van der Waals surface area contributed by atoms with Crippen molar-refractivity contribution >= 4 is 26.8 Å². The predicted octanol–water partition coefficient (Wildman–Crippen LogP) is 5.14. The van der Waals surface area contributed by atoms with E-state index >= 15 is 0 Å². The van der Waals surface area contributed by atoms with Gasteiger partial charge in [-0.3, -0.25) is 0 Å². The van der Waals surface area contributed by atoms with Gasteiger partial charge < -0.3 is 9.88 Å². The molecule has 0 amide bonds. The molecule has 4 heteroatoms. The molecule has 0 radical (unpaired) electrons. The summed E-state index contributed by atoms with van der Waals surface area (Å²) in [5, 5.41) is 12.0. The number of nitriles is 1. The van der Waals surface area contributed by atoms with Crippen LogP contribution in [0.4, 0.5) is 0 Å². The number of alkyl halides is 1. The van der Waals surface area contributed by atoms with Crippen molar-refractivity contribution in [2.45, 2.75) is 44.6 Å². The van der Waals surface area contributed by atoms with E-state index in [2.05, 4.69) is 56.3 Å². The van der Waals surface area contributed by atoms with Crippen molar-refractivity contribution in [1.82, 2.24) is 9.88 Å². The second-order valence-electron chi connectivity index (χ2n) is 7.31. The number of aryl methyl sites for hydroxylation is 1. The molecule has 1 aliphatic carbocycles. The van der Waals surface area contributed by atoms with Gasteiger partial charge in [-0.2, -0.15) is 5.26 Å². The molecule has 126 valence electrons. The molecule has 2 fully saturated rings. The molecule has 2 aliphatic rings. The van der Waals surface area contributed by atoms with Gasteiger partial charge in [-0.1, -0.05) is 53.4 Å². The summed E-state index contributed by atoms with van der Waals surface area (Å²) in [4.78, 5) is 5.72. The minimum absolute atomic E-state index is 0.218. The number of hydrogen-bond donors (Lipinski definition) is 1. The number of H-pyrrole nitrogens is 1. The number of aromatic amines is 1. The monoisotopic (exact) mass is 385 g/mol. The lowest BCUT2D eigenvalue weighted by Crippen LogP contribution is -2.41. The number of aromatic nitrogens is 1. The van der Waals surface area contributed by atoms with E-state index in [1.807, 2.05) is 0 Å². The maximum absolute atomic E-state index is 9.76. The highest BCUT2D eigenvalue weighted by atomic mass is 79.9. The zero-order valence-corrected chi connectivity index (χ0v) is 15.6. The first kappa shape index (κ1) is 16.0. The second-order valence-corrected chi connectivity index (χ2v) is 8.10.